The molecule has 0 aromatic heterocycles. The molecule has 0 radical (unpaired) electrons. The molecule has 0 saturated heterocycles. The van der Waals surface area contributed by atoms with Crippen LogP contribution in [0, 0.1) is 13.8 Å². The van der Waals surface area contributed by atoms with Crippen LogP contribution in [0.1, 0.15) is 24.5 Å². The first-order chi connectivity index (χ1) is 8.90. The molecule has 0 unspecified atom stereocenters. The lowest BCUT2D eigenvalue weighted by Gasteiger charge is -2.10. The van der Waals surface area contributed by atoms with E-state index in [9.17, 15) is 4.79 Å². The quantitative estimate of drug-likeness (QED) is 0.446. The highest BCUT2D eigenvalue weighted by atomic mass is 32.1. The highest BCUT2D eigenvalue weighted by molar-refractivity contribution is 7.80. The number of hydrogen-bond acceptors (Lipinski definition) is 3. The van der Waals surface area contributed by atoms with E-state index in [0.29, 0.717) is 5.71 Å². The third-order valence-corrected chi connectivity index (χ3v) is 2.74. The lowest BCUT2D eigenvalue weighted by molar-refractivity contribution is -0.115. The molecule has 1 aromatic carbocycles. The van der Waals surface area contributed by atoms with E-state index in [1.165, 1.54) is 0 Å². The molecule has 0 aliphatic heterocycles. The van der Waals surface area contributed by atoms with Crippen LogP contribution in [0.25, 0.3) is 0 Å². The molecule has 0 aliphatic carbocycles. The van der Waals surface area contributed by atoms with Crippen molar-refractivity contribution in [3.63, 3.8) is 0 Å². The number of rotatable bonds is 4. The molecule has 1 aromatic rings. The van der Waals surface area contributed by atoms with Crippen LogP contribution < -0.4 is 16.5 Å². The predicted octanol–water partition coefficient (Wildman–Crippen LogP) is 1.84. The Morgan fingerprint density at radius 2 is 2.11 bits per heavy atom. The predicted molar refractivity (Wildman–Crippen MR) is 82.2 cm³/mol. The van der Waals surface area contributed by atoms with E-state index in [0.717, 1.165) is 16.8 Å². The summed E-state index contributed by atoms with van der Waals surface area (Å²) < 4.78 is 0. The van der Waals surface area contributed by atoms with Gasteiger partial charge in [-0.2, -0.15) is 5.10 Å². The maximum atomic E-state index is 11.8. The highest BCUT2D eigenvalue weighted by Crippen LogP contribution is 2.17. The smallest absolute Gasteiger partial charge is 0.230 e. The lowest BCUT2D eigenvalue weighted by atomic mass is 10.1. The number of anilines is 1. The van der Waals surface area contributed by atoms with Crippen molar-refractivity contribution in [1.29, 1.82) is 0 Å². The van der Waals surface area contributed by atoms with Gasteiger partial charge in [0.1, 0.15) is 0 Å². The van der Waals surface area contributed by atoms with Crippen LogP contribution in [-0.4, -0.2) is 16.7 Å². The summed E-state index contributed by atoms with van der Waals surface area (Å²) in [6.07, 6.45) is 0.184. The Morgan fingerprint density at radius 1 is 1.42 bits per heavy atom. The van der Waals surface area contributed by atoms with Gasteiger partial charge in [-0.25, -0.2) is 0 Å². The summed E-state index contributed by atoms with van der Waals surface area (Å²) in [4.78, 5) is 11.8. The van der Waals surface area contributed by atoms with Crippen LogP contribution in [0.3, 0.4) is 0 Å². The summed E-state index contributed by atoms with van der Waals surface area (Å²) in [5.41, 5.74) is 11.3. The van der Waals surface area contributed by atoms with Gasteiger partial charge >= 0.3 is 0 Å². The first-order valence-electron chi connectivity index (χ1n) is 5.85. The molecule has 0 saturated carbocycles. The fourth-order valence-electron chi connectivity index (χ4n) is 1.50. The SMILES string of the molecule is C/C(CC(=O)Nc1cccc(C)c1C)=N/NC(N)=S. The van der Waals surface area contributed by atoms with Crippen molar-refractivity contribution in [2.75, 3.05) is 5.32 Å². The second-order valence-electron chi connectivity index (χ2n) is 4.30. The molecular weight excluding hydrogens is 260 g/mol. The molecule has 0 fully saturated rings. The van der Waals surface area contributed by atoms with Crippen molar-refractivity contribution < 1.29 is 4.79 Å². The number of nitrogens with one attached hydrogen (secondary N) is 2. The molecule has 0 bridgehead atoms. The number of carbonyl (C=O) groups is 1. The first-order valence-corrected chi connectivity index (χ1v) is 6.25. The topological polar surface area (TPSA) is 79.5 Å². The van der Waals surface area contributed by atoms with Crippen molar-refractivity contribution >= 4 is 34.6 Å². The van der Waals surface area contributed by atoms with Gasteiger partial charge < -0.3 is 11.1 Å². The summed E-state index contributed by atoms with van der Waals surface area (Å²) in [7, 11) is 0. The fraction of sp³-hybridized carbons (Fsp3) is 0.308. The number of thiocarbonyl (C=S) groups is 1. The standard InChI is InChI=1S/C13H18N4OS/c1-8-5-4-6-11(10(8)3)15-12(18)7-9(2)16-17-13(14)19/h4-6H,7H2,1-3H3,(H,15,18)(H3,14,17,19)/b16-9-. The van der Waals surface area contributed by atoms with E-state index in [1.54, 1.807) is 6.92 Å². The van der Waals surface area contributed by atoms with E-state index in [-0.39, 0.29) is 17.4 Å². The molecule has 0 spiro atoms. The molecule has 4 N–H and O–H groups in total. The number of hydrazone groups is 1. The number of benzene rings is 1. The minimum absolute atomic E-state index is 0.0780. The normalized spacial score (nSPS) is 11.0. The zero-order chi connectivity index (χ0) is 14.4. The molecule has 19 heavy (non-hydrogen) atoms. The largest absolute Gasteiger partial charge is 0.375 e. The van der Waals surface area contributed by atoms with Gasteiger partial charge in [0.05, 0.1) is 6.42 Å². The third kappa shape index (κ3) is 5.05. The summed E-state index contributed by atoms with van der Waals surface area (Å²) in [5, 5.41) is 6.82. The van der Waals surface area contributed by atoms with Crippen LogP contribution in [-0.2, 0) is 4.79 Å². The Labute approximate surface area is 118 Å². The number of aryl methyl sites for hydroxylation is 1. The van der Waals surface area contributed by atoms with Gasteiger partial charge in [0.25, 0.3) is 0 Å². The summed E-state index contributed by atoms with van der Waals surface area (Å²) in [6, 6.07) is 5.79. The Morgan fingerprint density at radius 3 is 2.74 bits per heavy atom. The molecule has 102 valence electrons. The molecule has 0 aliphatic rings. The highest BCUT2D eigenvalue weighted by Gasteiger charge is 2.07. The summed E-state index contributed by atoms with van der Waals surface area (Å²) in [5.74, 6) is -0.125. The summed E-state index contributed by atoms with van der Waals surface area (Å²) in [6.45, 7) is 5.71. The van der Waals surface area contributed by atoms with Gasteiger partial charge in [-0.05, 0) is 50.2 Å². The zero-order valence-electron chi connectivity index (χ0n) is 11.3. The number of nitrogens with zero attached hydrogens (tertiary/aromatic N) is 1. The Bertz CT molecular complexity index is 525. The van der Waals surface area contributed by atoms with Gasteiger partial charge in [-0.1, -0.05) is 12.1 Å². The van der Waals surface area contributed by atoms with Crippen molar-refractivity contribution in [2.45, 2.75) is 27.2 Å². The molecule has 0 atom stereocenters. The monoisotopic (exact) mass is 278 g/mol. The molecule has 1 rings (SSSR count). The minimum Gasteiger partial charge on any atom is -0.375 e. The van der Waals surface area contributed by atoms with E-state index < -0.39 is 0 Å². The second-order valence-corrected chi connectivity index (χ2v) is 4.74. The zero-order valence-corrected chi connectivity index (χ0v) is 12.1. The van der Waals surface area contributed by atoms with Gasteiger partial charge in [0, 0.05) is 11.4 Å². The maximum Gasteiger partial charge on any atom is 0.230 e. The van der Waals surface area contributed by atoms with Crippen molar-refractivity contribution in [3.8, 4) is 0 Å². The Balaban J connectivity index is 2.63. The van der Waals surface area contributed by atoms with Crippen LogP contribution in [0.15, 0.2) is 23.3 Å². The Kier molecular flexibility index (Phi) is 5.44. The van der Waals surface area contributed by atoms with Crippen LogP contribution >= 0.6 is 12.2 Å². The van der Waals surface area contributed by atoms with E-state index in [2.05, 4.69) is 28.1 Å². The average Bonchev–Trinajstić information content (AvgIpc) is 2.32. The van der Waals surface area contributed by atoms with Crippen molar-refractivity contribution in [3.05, 3.63) is 29.3 Å². The number of carbonyl (C=O) groups excluding carboxylic acids is 1. The molecule has 1 amide bonds. The second kappa shape index (κ2) is 6.84. The van der Waals surface area contributed by atoms with Crippen LogP contribution in [0.2, 0.25) is 0 Å². The van der Waals surface area contributed by atoms with Crippen LogP contribution in [0.5, 0.6) is 0 Å². The van der Waals surface area contributed by atoms with Crippen molar-refractivity contribution in [1.82, 2.24) is 5.43 Å². The molecular formula is C13H18N4OS. The third-order valence-electron chi connectivity index (χ3n) is 2.65. The molecule has 0 heterocycles. The maximum absolute atomic E-state index is 11.8. The Hall–Kier alpha value is -1.95. The van der Waals surface area contributed by atoms with Crippen LogP contribution in [0.4, 0.5) is 5.69 Å². The number of hydrogen-bond donors (Lipinski definition) is 3. The van der Waals surface area contributed by atoms with Gasteiger partial charge in [-0.15, -0.1) is 0 Å². The molecule has 5 nitrogen and oxygen atoms in total. The van der Waals surface area contributed by atoms with Gasteiger partial charge in [0.15, 0.2) is 5.11 Å². The van der Waals surface area contributed by atoms with E-state index in [1.807, 2.05) is 32.0 Å². The number of amides is 1. The molecule has 6 heteroatoms. The number of nitrogens with two attached hydrogens (primary N) is 1. The van der Waals surface area contributed by atoms with Crippen molar-refractivity contribution in [2.24, 2.45) is 10.8 Å². The van der Waals surface area contributed by atoms with Gasteiger partial charge in [0.2, 0.25) is 5.91 Å². The minimum atomic E-state index is -0.125. The summed E-state index contributed by atoms with van der Waals surface area (Å²) >= 11 is 4.62. The van der Waals surface area contributed by atoms with E-state index in [4.69, 9.17) is 5.73 Å². The fourth-order valence-corrected chi connectivity index (χ4v) is 1.55. The van der Waals surface area contributed by atoms with E-state index >= 15 is 0 Å². The van der Waals surface area contributed by atoms with Gasteiger partial charge in [-0.3, -0.25) is 10.2 Å². The first kappa shape index (κ1) is 15.1. The lowest BCUT2D eigenvalue weighted by Crippen LogP contribution is -2.26. The average molecular weight is 278 g/mol.